The Morgan fingerprint density at radius 2 is 2.08 bits per heavy atom. The highest BCUT2D eigenvalue weighted by Crippen LogP contribution is 2.28. The van der Waals surface area contributed by atoms with Crippen LogP contribution in [0.1, 0.15) is 36.8 Å². The van der Waals surface area contributed by atoms with Gasteiger partial charge in [-0.2, -0.15) is 5.26 Å². The first-order chi connectivity index (χ1) is 12.1. The van der Waals surface area contributed by atoms with Crippen molar-refractivity contribution in [1.82, 2.24) is 9.80 Å². The lowest BCUT2D eigenvalue weighted by molar-refractivity contribution is -0.156. The summed E-state index contributed by atoms with van der Waals surface area (Å²) < 4.78 is 5.39. The number of nitriles is 1. The highest BCUT2D eigenvalue weighted by Gasteiger charge is 2.43. The molecule has 0 unspecified atom stereocenters. The molecule has 2 aliphatic heterocycles. The Labute approximate surface area is 148 Å². The van der Waals surface area contributed by atoms with E-state index in [0.717, 1.165) is 50.2 Å². The number of likely N-dealkylation sites (tertiary alicyclic amines) is 2. The fraction of sp³-hybridized carbons (Fsp3) is 0.579. The molecular weight excluding hydrogens is 318 g/mol. The molecule has 3 rings (SSSR count). The van der Waals surface area contributed by atoms with Gasteiger partial charge >= 0.3 is 0 Å². The van der Waals surface area contributed by atoms with Crippen molar-refractivity contribution in [2.45, 2.75) is 37.8 Å². The Bertz CT molecular complexity index is 679. The number of carbonyl (C=O) groups is 1. The van der Waals surface area contributed by atoms with Gasteiger partial charge in [-0.05, 0) is 50.4 Å². The van der Waals surface area contributed by atoms with Crippen molar-refractivity contribution in [1.29, 1.82) is 5.26 Å². The first kappa shape index (κ1) is 17.7. The number of ether oxygens (including phenoxy) is 1. The molecule has 2 heterocycles. The monoisotopic (exact) mass is 343 g/mol. The molecule has 1 atom stereocenters. The molecule has 0 bridgehead atoms. The van der Waals surface area contributed by atoms with Crippen LogP contribution in [0.4, 0.5) is 0 Å². The number of hydrogen-bond acceptors (Lipinski definition) is 5. The van der Waals surface area contributed by atoms with Crippen molar-refractivity contribution in [3.05, 3.63) is 29.3 Å². The molecule has 1 aromatic carbocycles. The summed E-state index contributed by atoms with van der Waals surface area (Å²) in [5, 5.41) is 20.1. The minimum Gasteiger partial charge on any atom is -0.496 e. The highest BCUT2D eigenvalue weighted by atomic mass is 16.5. The summed E-state index contributed by atoms with van der Waals surface area (Å²) in [5.74, 6) is 0.589. The molecule has 2 fully saturated rings. The summed E-state index contributed by atoms with van der Waals surface area (Å²) >= 11 is 0. The van der Waals surface area contributed by atoms with Crippen molar-refractivity contribution in [2.24, 2.45) is 0 Å². The normalized spacial score (nSPS) is 24.1. The molecule has 1 amide bonds. The minimum absolute atomic E-state index is 0.132. The van der Waals surface area contributed by atoms with Gasteiger partial charge in [-0.1, -0.05) is 0 Å². The van der Waals surface area contributed by atoms with Crippen LogP contribution in [0.25, 0.3) is 0 Å². The van der Waals surface area contributed by atoms with Crippen molar-refractivity contribution in [3.63, 3.8) is 0 Å². The third-order valence-corrected chi connectivity index (χ3v) is 5.14. The van der Waals surface area contributed by atoms with Crippen LogP contribution in [-0.4, -0.2) is 59.7 Å². The number of methoxy groups -OCH3 is 1. The Morgan fingerprint density at radius 1 is 1.32 bits per heavy atom. The first-order valence-corrected chi connectivity index (χ1v) is 8.87. The van der Waals surface area contributed by atoms with E-state index in [2.05, 4.69) is 11.0 Å². The number of nitrogens with zero attached hydrogens (tertiary/aromatic N) is 3. The summed E-state index contributed by atoms with van der Waals surface area (Å²) in [5.41, 5.74) is 0.179. The Balaban J connectivity index is 1.73. The van der Waals surface area contributed by atoms with E-state index in [-0.39, 0.29) is 5.91 Å². The first-order valence-electron chi connectivity index (χ1n) is 8.87. The molecule has 134 valence electrons. The number of amides is 1. The van der Waals surface area contributed by atoms with E-state index in [1.807, 2.05) is 6.07 Å². The second kappa shape index (κ2) is 7.42. The Hall–Kier alpha value is -2.10. The standard InChI is InChI=1S/C19H25N3O3/c1-25-17-6-5-15(12-20)11-16(17)13-21-8-4-7-19(24,14-21)18(23)22-9-2-3-10-22/h5-6,11,24H,2-4,7-10,13-14H2,1H3/t19-/m1/s1. The lowest BCUT2D eigenvalue weighted by Gasteiger charge is -2.40. The molecule has 0 aromatic heterocycles. The van der Waals surface area contributed by atoms with Gasteiger partial charge < -0.3 is 14.7 Å². The third kappa shape index (κ3) is 3.78. The molecule has 6 heteroatoms. The predicted molar refractivity (Wildman–Crippen MR) is 93.0 cm³/mol. The maximum Gasteiger partial charge on any atom is 0.255 e. The van der Waals surface area contributed by atoms with E-state index >= 15 is 0 Å². The summed E-state index contributed by atoms with van der Waals surface area (Å²) in [7, 11) is 1.61. The second-order valence-electron chi connectivity index (χ2n) is 6.98. The van der Waals surface area contributed by atoms with E-state index in [4.69, 9.17) is 10.00 Å². The quantitative estimate of drug-likeness (QED) is 0.897. The number of piperidine rings is 1. The van der Waals surface area contributed by atoms with E-state index in [0.29, 0.717) is 25.1 Å². The highest BCUT2D eigenvalue weighted by molar-refractivity contribution is 5.85. The summed E-state index contributed by atoms with van der Waals surface area (Å²) in [6.45, 7) is 3.18. The zero-order chi connectivity index (χ0) is 17.9. The summed E-state index contributed by atoms with van der Waals surface area (Å²) in [6.07, 6.45) is 3.32. The van der Waals surface area contributed by atoms with Crippen LogP contribution in [0.15, 0.2) is 18.2 Å². The van der Waals surface area contributed by atoms with Gasteiger partial charge in [-0.25, -0.2) is 0 Å². The van der Waals surface area contributed by atoms with Crippen molar-refractivity contribution >= 4 is 5.91 Å². The Kier molecular flexibility index (Phi) is 5.26. The maximum absolute atomic E-state index is 12.7. The van der Waals surface area contributed by atoms with Gasteiger partial charge in [0.25, 0.3) is 5.91 Å². The van der Waals surface area contributed by atoms with Crippen LogP contribution in [-0.2, 0) is 11.3 Å². The molecule has 1 N–H and O–H groups in total. The molecule has 0 spiro atoms. The van der Waals surface area contributed by atoms with E-state index in [9.17, 15) is 9.90 Å². The fourth-order valence-corrected chi connectivity index (χ4v) is 3.86. The number of rotatable bonds is 4. The van der Waals surface area contributed by atoms with Crippen LogP contribution >= 0.6 is 0 Å². The average Bonchev–Trinajstić information content (AvgIpc) is 3.15. The van der Waals surface area contributed by atoms with Crippen LogP contribution in [0.5, 0.6) is 5.75 Å². The van der Waals surface area contributed by atoms with Crippen LogP contribution < -0.4 is 4.74 Å². The lowest BCUT2D eigenvalue weighted by Crippen LogP contribution is -2.57. The second-order valence-corrected chi connectivity index (χ2v) is 6.98. The smallest absolute Gasteiger partial charge is 0.255 e. The molecule has 6 nitrogen and oxygen atoms in total. The number of aliphatic hydroxyl groups is 1. The van der Waals surface area contributed by atoms with Gasteiger partial charge in [-0.3, -0.25) is 9.69 Å². The number of benzene rings is 1. The van der Waals surface area contributed by atoms with Crippen LogP contribution in [0, 0.1) is 11.3 Å². The molecule has 2 aliphatic rings. The largest absolute Gasteiger partial charge is 0.496 e. The Morgan fingerprint density at radius 3 is 2.76 bits per heavy atom. The third-order valence-electron chi connectivity index (χ3n) is 5.14. The van der Waals surface area contributed by atoms with E-state index < -0.39 is 5.60 Å². The van der Waals surface area contributed by atoms with Crippen molar-refractivity contribution in [3.8, 4) is 11.8 Å². The molecule has 0 radical (unpaired) electrons. The van der Waals surface area contributed by atoms with Gasteiger partial charge in [0.15, 0.2) is 5.60 Å². The van der Waals surface area contributed by atoms with Crippen LogP contribution in [0.3, 0.4) is 0 Å². The lowest BCUT2D eigenvalue weighted by atomic mass is 9.91. The molecular formula is C19H25N3O3. The SMILES string of the molecule is COc1ccc(C#N)cc1CN1CCC[C@](O)(C(=O)N2CCCC2)C1. The predicted octanol–water partition coefficient (Wildman–Crippen LogP) is 1.52. The van der Waals surface area contributed by atoms with Crippen molar-refractivity contribution in [2.75, 3.05) is 33.3 Å². The van der Waals surface area contributed by atoms with Gasteiger partial charge in [0.2, 0.25) is 0 Å². The average molecular weight is 343 g/mol. The fourth-order valence-electron chi connectivity index (χ4n) is 3.86. The minimum atomic E-state index is -1.30. The zero-order valence-corrected chi connectivity index (χ0v) is 14.7. The molecule has 0 aliphatic carbocycles. The van der Waals surface area contributed by atoms with Gasteiger partial charge in [-0.15, -0.1) is 0 Å². The molecule has 25 heavy (non-hydrogen) atoms. The topological polar surface area (TPSA) is 76.8 Å². The maximum atomic E-state index is 12.7. The van der Waals surface area contributed by atoms with E-state index in [1.54, 1.807) is 24.1 Å². The number of β-amino-alcohol motifs (C(OH)–C–C–N with tert-alkyl or cyclic N) is 1. The number of hydrogen-bond donors (Lipinski definition) is 1. The molecule has 1 aromatic rings. The molecule has 2 saturated heterocycles. The van der Waals surface area contributed by atoms with Gasteiger partial charge in [0.05, 0.1) is 18.7 Å². The van der Waals surface area contributed by atoms with Crippen molar-refractivity contribution < 1.29 is 14.6 Å². The summed E-state index contributed by atoms with van der Waals surface area (Å²) in [6, 6.07) is 7.48. The van der Waals surface area contributed by atoms with Crippen LogP contribution in [0.2, 0.25) is 0 Å². The van der Waals surface area contributed by atoms with Gasteiger partial charge in [0.1, 0.15) is 5.75 Å². The molecule has 0 saturated carbocycles. The summed E-state index contributed by atoms with van der Waals surface area (Å²) in [4.78, 5) is 16.6. The number of carbonyl (C=O) groups excluding carboxylic acids is 1. The van der Waals surface area contributed by atoms with Gasteiger partial charge in [0, 0.05) is 31.7 Å². The zero-order valence-electron chi connectivity index (χ0n) is 14.7. The van der Waals surface area contributed by atoms with E-state index in [1.165, 1.54) is 0 Å².